The third-order valence-electron chi connectivity index (χ3n) is 6.73. The smallest absolute Gasteiger partial charge is 0.219 e. The first-order chi connectivity index (χ1) is 17.8. The average Bonchev–Trinajstić information content (AvgIpc) is 3.20. The summed E-state index contributed by atoms with van der Waals surface area (Å²) in [5.41, 5.74) is 1.10. The molecule has 0 spiro atoms. The van der Waals surface area contributed by atoms with Gasteiger partial charge in [-0.15, -0.1) is 0 Å². The van der Waals surface area contributed by atoms with Crippen molar-refractivity contribution in [3.8, 4) is 11.5 Å². The molecule has 1 fully saturated rings. The number of amides is 1. The summed E-state index contributed by atoms with van der Waals surface area (Å²) in [6.45, 7) is 9.77. The zero-order chi connectivity index (χ0) is 26.3. The van der Waals surface area contributed by atoms with Crippen LogP contribution in [0, 0.1) is 13.8 Å². The summed E-state index contributed by atoms with van der Waals surface area (Å²) >= 11 is 0. The number of aromatic nitrogens is 2. The van der Waals surface area contributed by atoms with Gasteiger partial charge in [-0.2, -0.15) is 0 Å². The molecule has 0 aliphatic carbocycles. The molecule has 1 aromatic heterocycles. The Morgan fingerprint density at radius 2 is 1.70 bits per heavy atom. The Bertz CT molecular complexity index is 1150. The topological polar surface area (TPSA) is 80.1 Å². The Morgan fingerprint density at radius 1 is 1.00 bits per heavy atom. The fraction of sp³-hybridized carbons (Fsp3) is 0.448. The lowest BCUT2D eigenvalue weighted by molar-refractivity contribution is -0.132. The van der Waals surface area contributed by atoms with Crippen molar-refractivity contribution in [2.75, 3.05) is 39.4 Å². The van der Waals surface area contributed by atoms with Gasteiger partial charge in [-0.05, 0) is 50.1 Å². The van der Waals surface area contributed by atoms with Crippen LogP contribution >= 0.6 is 0 Å². The lowest BCUT2D eigenvalue weighted by Crippen LogP contribution is -2.51. The molecule has 0 radical (unpaired) electrons. The third-order valence-corrected chi connectivity index (χ3v) is 6.73. The van der Waals surface area contributed by atoms with E-state index in [1.165, 1.54) is 0 Å². The van der Waals surface area contributed by atoms with Gasteiger partial charge in [0.2, 0.25) is 5.91 Å². The number of nitrogens with zero attached hydrogens (tertiary/aromatic N) is 4. The molecule has 2 aromatic carbocycles. The van der Waals surface area contributed by atoms with Crippen LogP contribution in [-0.2, 0) is 17.9 Å². The Balaban J connectivity index is 1.32. The van der Waals surface area contributed by atoms with E-state index in [0.29, 0.717) is 38.5 Å². The second kappa shape index (κ2) is 12.3. The second-order valence-electron chi connectivity index (χ2n) is 9.99. The molecule has 8 heteroatoms. The molecular weight excluding hydrogens is 468 g/mol. The van der Waals surface area contributed by atoms with Gasteiger partial charge in [-0.1, -0.05) is 29.8 Å². The molecule has 198 valence electrons. The zero-order valence-electron chi connectivity index (χ0n) is 22.1. The van der Waals surface area contributed by atoms with E-state index >= 15 is 0 Å². The van der Waals surface area contributed by atoms with Gasteiger partial charge in [0, 0.05) is 52.0 Å². The first kappa shape index (κ1) is 26.7. The van der Waals surface area contributed by atoms with Gasteiger partial charge in [-0.3, -0.25) is 9.69 Å². The molecule has 1 amide bonds. The van der Waals surface area contributed by atoms with E-state index in [0.717, 1.165) is 35.7 Å². The molecule has 4 rings (SSSR count). The molecule has 1 aliphatic rings. The van der Waals surface area contributed by atoms with Crippen molar-refractivity contribution < 1.29 is 19.4 Å². The number of carbonyl (C=O) groups excluding carboxylic acids is 1. The molecular formula is C29H38N4O4. The Kier molecular flexibility index (Phi) is 8.84. The third kappa shape index (κ3) is 7.81. The van der Waals surface area contributed by atoms with E-state index < -0.39 is 5.60 Å². The Hall–Kier alpha value is -3.36. The maximum absolute atomic E-state index is 12.2. The van der Waals surface area contributed by atoms with Crippen molar-refractivity contribution in [3.05, 3.63) is 77.9 Å². The number of aliphatic hydroxyl groups is 1. The SMILES string of the molecule is CC(=O)N1CCN(Cc2ccc(OCCCn3ccnc3C)cc2)C[C@@](O)(COc2ccc(C)cc2)C1. The summed E-state index contributed by atoms with van der Waals surface area (Å²) in [4.78, 5) is 20.3. The lowest BCUT2D eigenvalue weighted by atomic mass is 10.0. The van der Waals surface area contributed by atoms with Crippen LogP contribution in [0.3, 0.4) is 0 Å². The first-order valence-electron chi connectivity index (χ1n) is 12.9. The monoisotopic (exact) mass is 506 g/mol. The maximum atomic E-state index is 12.2. The van der Waals surface area contributed by atoms with Gasteiger partial charge in [0.15, 0.2) is 0 Å². The van der Waals surface area contributed by atoms with Crippen LogP contribution in [0.4, 0.5) is 0 Å². The van der Waals surface area contributed by atoms with Crippen LogP contribution in [0.25, 0.3) is 0 Å². The van der Waals surface area contributed by atoms with Gasteiger partial charge in [0.25, 0.3) is 0 Å². The highest BCUT2D eigenvalue weighted by Gasteiger charge is 2.36. The summed E-state index contributed by atoms with van der Waals surface area (Å²) in [6, 6.07) is 15.9. The van der Waals surface area contributed by atoms with E-state index in [4.69, 9.17) is 9.47 Å². The van der Waals surface area contributed by atoms with Crippen molar-refractivity contribution in [2.24, 2.45) is 0 Å². The lowest BCUT2D eigenvalue weighted by Gasteiger charge is -2.32. The summed E-state index contributed by atoms with van der Waals surface area (Å²) in [7, 11) is 0. The molecule has 0 bridgehead atoms. The minimum Gasteiger partial charge on any atom is -0.494 e. The predicted octanol–water partition coefficient (Wildman–Crippen LogP) is 3.44. The fourth-order valence-electron chi connectivity index (χ4n) is 4.60. The number of hydrogen-bond acceptors (Lipinski definition) is 6. The largest absolute Gasteiger partial charge is 0.494 e. The van der Waals surface area contributed by atoms with E-state index in [1.807, 2.05) is 62.6 Å². The number of rotatable bonds is 10. The predicted molar refractivity (Wildman–Crippen MR) is 143 cm³/mol. The van der Waals surface area contributed by atoms with Gasteiger partial charge >= 0.3 is 0 Å². The second-order valence-corrected chi connectivity index (χ2v) is 9.99. The molecule has 3 aromatic rings. The number of β-amino-alcohol motifs (C(OH)–C–C–N with tert-alkyl or cyclic N) is 1. The molecule has 37 heavy (non-hydrogen) atoms. The van der Waals surface area contributed by atoms with E-state index in [9.17, 15) is 9.90 Å². The minimum atomic E-state index is -1.18. The molecule has 1 atom stereocenters. The van der Waals surface area contributed by atoms with Crippen LogP contribution in [0.1, 0.15) is 30.3 Å². The van der Waals surface area contributed by atoms with Gasteiger partial charge in [0.05, 0.1) is 13.2 Å². The molecule has 2 heterocycles. The number of imidazole rings is 1. The van der Waals surface area contributed by atoms with E-state index in [1.54, 1.807) is 11.8 Å². The number of hydrogen-bond donors (Lipinski definition) is 1. The number of carbonyl (C=O) groups is 1. The number of benzene rings is 2. The highest BCUT2D eigenvalue weighted by atomic mass is 16.5. The molecule has 1 saturated heterocycles. The van der Waals surface area contributed by atoms with Gasteiger partial charge < -0.3 is 24.0 Å². The summed E-state index contributed by atoms with van der Waals surface area (Å²) < 4.78 is 14.0. The Morgan fingerprint density at radius 3 is 2.38 bits per heavy atom. The van der Waals surface area contributed by atoms with Crippen molar-refractivity contribution in [1.82, 2.24) is 19.4 Å². The van der Waals surface area contributed by atoms with Crippen LogP contribution < -0.4 is 9.47 Å². The van der Waals surface area contributed by atoms with Crippen LogP contribution in [0.15, 0.2) is 60.9 Å². The van der Waals surface area contributed by atoms with Crippen LogP contribution in [0.2, 0.25) is 0 Å². The standard InChI is InChI=1S/C29H38N4O4/c1-23-5-9-28(10-6-23)37-22-29(35)20-31(16-17-33(21-29)25(3)34)19-26-7-11-27(12-8-26)36-18-4-14-32-15-13-30-24(32)2/h5-13,15,35H,4,14,16-22H2,1-3H3/t29-/m0/s1. The van der Waals surface area contributed by atoms with Crippen molar-refractivity contribution >= 4 is 5.91 Å². The Labute approximate surface area is 219 Å². The molecule has 0 unspecified atom stereocenters. The average molecular weight is 507 g/mol. The minimum absolute atomic E-state index is 0.0414. The maximum Gasteiger partial charge on any atom is 0.219 e. The summed E-state index contributed by atoms with van der Waals surface area (Å²) in [5, 5.41) is 11.5. The number of ether oxygens (including phenoxy) is 2. The quantitative estimate of drug-likeness (QED) is 0.425. The molecule has 0 saturated carbocycles. The van der Waals surface area contributed by atoms with Gasteiger partial charge in [0.1, 0.15) is 29.5 Å². The van der Waals surface area contributed by atoms with Crippen LogP contribution in [0.5, 0.6) is 11.5 Å². The summed E-state index contributed by atoms with van der Waals surface area (Å²) in [6.07, 6.45) is 4.70. The van der Waals surface area contributed by atoms with Crippen molar-refractivity contribution in [2.45, 2.75) is 45.9 Å². The van der Waals surface area contributed by atoms with Crippen molar-refractivity contribution in [1.29, 1.82) is 0 Å². The first-order valence-corrected chi connectivity index (χ1v) is 12.9. The van der Waals surface area contributed by atoms with E-state index in [2.05, 4.69) is 26.6 Å². The van der Waals surface area contributed by atoms with Crippen molar-refractivity contribution in [3.63, 3.8) is 0 Å². The molecule has 1 aliphatic heterocycles. The summed E-state index contributed by atoms with van der Waals surface area (Å²) in [5.74, 6) is 2.52. The van der Waals surface area contributed by atoms with Crippen LogP contribution in [-0.4, -0.2) is 75.4 Å². The molecule has 8 nitrogen and oxygen atoms in total. The fourth-order valence-corrected chi connectivity index (χ4v) is 4.60. The number of aryl methyl sites for hydroxylation is 3. The molecule has 1 N–H and O–H groups in total. The highest BCUT2D eigenvalue weighted by Crippen LogP contribution is 2.21. The zero-order valence-corrected chi connectivity index (χ0v) is 22.1. The highest BCUT2D eigenvalue weighted by molar-refractivity contribution is 5.73. The van der Waals surface area contributed by atoms with E-state index in [-0.39, 0.29) is 19.1 Å². The van der Waals surface area contributed by atoms with Gasteiger partial charge in [-0.25, -0.2) is 4.98 Å². The normalized spacial score (nSPS) is 18.4.